The van der Waals surface area contributed by atoms with Gasteiger partial charge in [-0.3, -0.25) is 4.79 Å². The van der Waals surface area contributed by atoms with Crippen LogP contribution in [0.5, 0.6) is 0 Å². The Morgan fingerprint density at radius 1 is 1.15 bits per heavy atom. The maximum Gasteiger partial charge on any atom is 0.160 e. The standard InChI is InChI=1S/C34H56O6/c1-20(8-7-15-32(3,4)38)25-11-12-27-28-10-9-24-21(2)29(40-31-17-22(36)16-23(19-35)39-31)14-13-26(24)34(28,6)30(37)18-33(25,27)5/h9,20-23,25-29,31,35-36,38H,7-8,10-19H2,1-6H3/t20-,21-,22+,23+,25?,26?,27?,28?,29+,31+,33-,34+/m1/s1. The molecule has 0 aromatic rings. The summed E-state index contributed by atoms with van der Waals surface area (Å²) in [4.78, 5) is 14.3. The monoisotopic (exact) mass is 560 g/mol. The van der Waals surface area contributed by atoms with Gasteiger partial charge in [0, 0.05) is 30.6 Å². The Hall–Kier alpha value is -0.790. The van der Waals surface area contributed by atoms with E-state index in [1.807, 2.05) is 13.8 Å². The van der Waals surface area contributed by atoms with E-state index in [0.29, 0.717) is 48.7 Å². The highest BCUT2D eigenvalue weighted by Crippen LogP contribution is 2.68. The average Bonchev–Trinajstić information content (AvgIpc) is 3.21. The van der Waals surface area contributed by atoms with Gasteiger partial charge in [0.25, 0.3) is 0 Å². The summed E-state index contributed by atoms with van der Waals surface area (Å²) in [7, 11) is 0. The van der Waals surface area contributed by atoms with Crippen LogP contribution >= 0.6 is 0 Å². The molecule has 0 amide bonds. The van der Waals surface area contributed by atoms with E-state index >= 15 is 0 Å². The van der Waals surface area contributed by atoms with E-state index in [2.05, 4.69) is 33.8 Å². The first-order valence-electron chi connectivity index (χ1n) is 16.3. The second-order valence-corrected chi connectivity index (χ2v) is 15.5. The van der Waals surface area contributed by atoms with E-state index in [-0.39, 0.29) is 41.5 Å². The van der Waals surface area contributed by atoms with Gasteiger partial charge in [-0.15, -0.1) is 0 Å². The zero-order valence-corrected chi connectivity index (χ0v) is 25.9. The topological polar surface area (TPSA) is 96.2 Å². The maximum atomic E-state index is 14.3. The van der Waals surface area contributed by atoms with Crippen molar-refractivity contribution in [1.82, 2.24) is 0 Å². The van der Waals surface area contributed by atoms with Crippen molar-refractivity contribution in [2.75, 3.05) is 6.61 Å². The number of Topliss-reactive ketones (excluding diaryl/α,β-unsaturated/α-hetero) is 1. The minimum atomic E-state index is -0.607. The van der Waals surface area contributed by atoms with Crippen LogP contribution in [0.25, 0.3) is 0 Å². The van der Waals surface area contributed by atoms with Gasteiger partial charge in [0.15, 0.2) is 6.29 Å². The molecule has 1 saturated heterocycles. The van der Waals surface area contributed by atoms with Gasteiger partial charge in [-0.25, -0.2) is 0 Å². The largest absolute Gasteiger partial charge is 0.394 e. The number of aliphatic hydroxyl groups is 3. The molecule has 0 aromatic heterocycles. The first-order valence-corrected chi connectivity index (χ1v) is 16.3. The Bertz CT molecular complexity index is 955. The highest BCUT2D eigenvalue weighted by atomic mass is 16.7. The second-order valence-electron chi connectivity index (χ2n) is 15.5. The molecule has 0 spiro atoms. The highest BCUT2D eigenvalue weighted by Gasteiger charge is 2.64. The highest BCUT2D eigenvalue weighted by molar-refractivity contribution is 5.88. The molecule has 3 saturated carbocycles. The van der Waals surface area contributed by atoms with Crippen molar-refractivity contribution in [3.8, 4) is 0 Å². The SMILES string of the molecule is C[C@H](CCCC(C)(C)O)C1CCC2C3CC=C4C(CC[C@H](O[C@H]5C[C@@H](O)C[C@@H](CO)O5)[C@@H]4C)[C@]3(C)C(=O)C[C@@]21C. The molecule has 6 heteroatoms. The lowest BCUT2D eigenvalue weighted by atomic mass is 9.44. The number of carbonyl (C=O) groups is 1. The first kappa shape index (κ1) is 30.7. The number of aliphatic hydroxyl groups excluding tert-OH is 2. The summed E-state index contributed by atoms with van der Waals surface area (Å²) in [6.45, 7) is 13.1. The first-order chi connectivity index (χ1) is 18.8. The summed E-state index contributed by atoms with van der Waals surface area (Å²) in [5, 5.41) is 30.0. The van der Waals surface area contributed by atoms with Crippen molar-refractivity contribution >= 4 is 5.78 Å². The third kappa shape index (κ3) is 5.50. The normalized spacial score (nSPS) is 46.3. The number of fused-ring (bicyclic) bond motifs is 5. The molecule has 4 unspecified atom stereocenters. The van der Waals surface area contributed by atoms with Gasteiger partial charge >= 0.3 is 0 Å². The predicted molar refractivity (Wildman–Crippen MR) is 155 cm³/mol. The molecule has 12 atom stereocenters. The van der Waals surface area contributed by atoms with Crippen molar-refractivity contribution < 1.29 is 29.6 Å². The molecule has 6 nitrogen and oxygen atoms in total. The lowest BCUT2D eigenvalue weighted by Crippen LogP contribution is -2.58. The number of hydrogen-bond donors (Lipinski definition) is 3. The molecule has 0 aromatic carbocycles. The van der Waals surface area contributed by atoms with Gasteiger partial charge < -0.3 is 24.8 Å². The zero-order chi connectivity index (χ0) is 29.0. The summed E-state index contributed by atoms with van der Waals surface area (Å²) < 4.78 is 12.4. The fraction of sp³-hybridized carbons (Fsp3) is 0.912. The van der Waals surface area contributed by atoms with Crippen LogP contribution in [0.2, 0.25) is 0 Å². The van der Waals surface area contributed by atoms with E-state index in [4.69, 9.17) is 9.47 Å². The number of allylic oxidation sites excluding steroid dienone is 1. The Kier molecular flexibility index (Phi) is 8.72. The molecule has 4 aliphatic carbocycles. The van der Waals surface area contributed by atoms with Gasteiger partial charge in [-0.1, -0.05) is 52.2 Å². The van der Waals surface area contributed by atoms with Gasteiger partial charge in [0.2, 0.25) is 0 Å². The van der Waals surface area contributed by atoms with Crippen LogP contribution in [0.3, 0.4) is 0 Å². The van der Waals surface area contributed by atoms with Crippen molar-refractivity contribution in [2.45, 2.75) is 142 Å². The molecular weight excluding hydrogens is 504 g/mol. The van der Waals surface area contributed by atoms with Crippen molar-refractivity contribution in [3.05, 3.63) is 11.6 Å². The molecule has 228 valence electrons. The second kappa shape index (κ2) is 11.4. The minimum Gasteiger partial charge on any atom is -0.394 e. The Balaban J connectivity index is 1.29. The fourth-order valence-corrected chi connectivity index (χ4v) is 10.3. The van der Waals surface area contributed by atoms with E-state index < -0.39 is 18.0 Å². The molecule has 0 radical (unpaired) electrons. The van der Waals surface area contributed by atoms with Crippen LogP contribution in [-0.4, -0.2) is 57.9 Å². The Labute approximate surface area is 242 Å². The molecule has 4 fully saturated rings. The van der Waals surface area contributed by atoms with Crippen LogP contribution in [0.4, 0.5) is 0 Å². The summed E-state index contributed by atoms with van der Waals surface area (Å²) in [6.07, 6.45) is 11.0. The summed E-state index contributed by atoms with van der Waals surface area (Å²) in [6, 6.07) is 0. The zero-order valence-electron chi connectivity index (χ0n) is 25.9. The molecule has 5 aliphatic rings. The quantitative estimate of drug-likeness (QED) is 0.324. The van der Waals surface area contributed by atoms with Crippen LogP contribution in [0, 0.1) is 46.3 Å². The molecule has 3 N–H and O–H groups in total. The summed E-state index contributed by atoms with van der Waals surface area (Å²) in [5.74, 6) is 3.13. The molecule has 0 bridgehead atoms. The van der Waals surface area contributed by atoms with E-state index in [1.54, 1.807) is 0 Å². The molecular formula is C34H56O6. The number of ether oxygens (including phenoxy) is 2. The van der Waals surface area contributed by atoms with Gasteiger partial charge in [-0.2, -0.15) is 0 Å². The Morgan fingerprint density at radius 3 is 2.60 bits per heavy atom. The molecule has 1 heterocycles. The molecule has 40 heavy (non-hydrogen) atoms. The third-order valence-corrected chi connectivity index (χ3v) is 12.4. The number of ketones is 1. The van der Waals surface area contributed by atoms with Crippen LogP contribution < -0.4 is 0 Å². The van der Waals surface area contributed by atoms with Gasteiger partial charge in [0.1, 0.15) is 5.78 Å². The van der Waals surface area contributed by atoms with E-state index in [9.17, 15) is 20.1 Å². The van der Waals surface area contributed by atoms with Crippen LogP contribution in [0.1, 0.15) is 112 Å². The van der Waals surface area contributed by atoms with Crippen LogP contribution in [-0.2, 0) is 14.3 Å². The van der Waals surface area contributed by atoms with Crippen LogP contribution in [0.15, 0.2) is 11.6 Å². The third-order valence-electron chi connectivity index (χ3n) is 12.4. The number of carbonyl (C=O) groups excluding carboxylic acids is 1. The van der Waals surface area contributed by atoms with Crippen molar-refractivity contribution in [1.29, 1.82) is 0 Å². The average molecular weight is 561 g/mol. The summed E-state index contributed by atoms with van der Waals surface area (Å²) in [5.41, 5.74) is 0.572. The number of rotatable bonds is 8. The lowest BCUT2D eigenvalue weighted by Gasteiger charge is -2.59. The van der Waals surface area contributed by atoms with Crippen molar-refractivity contribution in [3.63, 3.8) is 0 Å². The lowest BCUT2D eigenvalue weighted by molar-refractivity contribution is -0.247. The number of hydrogen-bond acceptors (Lipinski definition) is 6. The maximum absolute atomic E-state index is 14.3. The smallest absolute Gasteiger partial charge is 0.160 e. The minimum absolute atomic E-state index is 0.00172. The van der Waals surface area contributed by atoms with Gasteiger partial charge in [-0.05, 0) is 87.4 Å². The molecule has 1 aliphatic heterocycles. The van der Waals surface area contributed by atoms with E-state index in [0.717, 1.165) is 38.5 Å². The summed E-state index contributed by atoms with van der Waals surface area (Å²) >= 11 is 0. The fourth-order valence-electron chi connectivity index (χ4n) is 10.3. The Morgan fingerprint density at radius 2 is 1.90 bits per heavy atom. The van der Waals surface area contributed by atoms with Gasteiger partial charge in [0.05, 0.1) is 30.5 Å². The predicted octanol–water partition coefficient (Wildman–Crippen LogP) is 5.81. The molecule has 5 rings (SSSR count). The van der Waals surface area contributed by atoms with E-state index in [1.165, 1.54) is 18.4 Å². The van der Waals surface area contributed by atoms with Crippen molar-refractivity contribution in [2.24, 2.45) is 46.3 Å².